The van der Waals surface area contributed by atoms with Crippen LogP contribution in [0.25, 0.3) is 45.5 Å². The SMILES string of the molecule is CC1=Cc2c(ccc(C(C)(C)C)c2-c2cc(C(F)(F)F)cc(C(F)(F)F)c2)[CH]1[Zr]([Cl])([Cl])([c]1cccc2c1[SiH2]c1ccccc1-2)[CH]1C(C)=Cc2c1ccc(C(C)(C)C)c2-c1cc(C(F)(F)F)cc(C(F)(F)F)c1. The van der Waals surface area contributed by atoms with Crippen LogP contribution in [0.1, 0.15) is 118 Å². The van der Waals surface area contributed by atoms with E-state index in [-0.39, 0.29) is 34.4 Å². The molecule has 0 fully saturated rings. The van der Waals surface area contributed by atoms with Gasteiger partial charge in [-0.05, 0) is 0 Å². The molecule has 2 atom stereocenters. The summed E-state index contributed by atoms with van der Waals surface area (Å²) in [6.45, 7) is 14.4. The molecular formula is C56H47Cl2F12SiZr. The number of allylic oxidation sites excluding steroid dienone is 2. The van der Waals surface area contributed by atoms with Crippen molar-refractivity contribution in [2.75, 3.05) is 0 Å². The second kappa shape index (κ2) is 16.8. The van der Waals surface area contributed by atoms with Crippen molar-refractivity contribution in [2.45, 2.75) is 98.2 Å². The summed E-state index contributed by atoms with van der Waals surface area (Å²) in [6.07, 6.45) is -17.1. The van der Waals surface area contributed by atoms with Crippen LogP contribution < -0.4 is 13.6 Å². The third kappa shape index (κ3) is 8.59. The van der Waals surface area contributed by atoms with Gasteiger partial charge in [0, 0.05) is 0 Å². The molecule has 3 aliphatic rings. The van der Waals surface area contributed by atoms with E-state index in [2.05, 4.69) is 0 Å². The summed E-state index contributed by atoms with van der Waals surface area (Å²) in [5.41, 5.74) is -2.27. The zero-order chi connectivity index (χ0) is 52.9. The molecule has 0 aromatic heterocycles. The molecule has 9 rings (SSSR count). The van der Waals surface area contributed by atoms with Crippen LogP contribution in [0, 0.1) is 0 Å². The average molecular weight is 1140 g/mol. The van der Waals surface area contributed by atoms with Gasteiger partial charge in [-0.1, -0.05) is 0 Å². The molecule has 72 heavy (non-hydrogen) atoms. The Morgan fingerprint density at radius 3 is 1.21 bits per heavy atom. The van der Waals surface area contributed by atoms with Gasteiger partial charge < -0.3 is 0 Å². The molecule has 1 heterocycles. The first-order valence-corrected chi connectivity index (χ1v) is 34.9. The van der Waals surface area contributed by atoms with E-state index in [0.29, 0.717) is 47.8 Å². The van der Waals surface area contributed by atoms with E-state index in [1.807, 2.05) is 42.5 Å². The van der Waals surface area contributed by atoms with E-state index in [9.17, 15) is 52.7 Å². The van der Waals surface area contributed by atoms with Crippen LogP contribution in [0.15, 0.2) is 114 Å². The predicted octanol–water partition coefficient (Wildman–Crippen LogP) is 16.7. The van der Waals surface area contributed by atoms with Gasteiger partial charge in [0.15, 0.2) is 0 Å². The molecule has 0 amide bonds. The average Bonchev–Trinajstić information content (AvgIpc) is 3.93. The Morgan fingerprint density at radius 2 is 0.833 bits per heavy atom. The first kappa shape index (κ1) is 52.5. The number of rotatable bonds is 5. The van der Waals surface area contributed by atoms with Gasteiger partial charge >= 0.3 is 423 Å². The number of hydrogen-bond acceptors (Lipinski definition) is 0. The molecule has 0 radical (unpaired) electrons. The third-order valence-corrected chi connectivity index (χ3v) is 37.8. The van der Waals surface area contributed by atoms with Gasteiger partial charge in [0.2, 0.25) is 0 Å². The van der Waals surface area contributed by atoms with E-state index in [4.69, 9.17) is 17.0 Å². The van der Waals surface area contributed by atoms with Gasteiger partial charge in [0.05, 0.1) is 0 Å². The molecule has 2 aliphatic carbocycles. The molecule has 377 valence electrons. The number of hydrogen-bond donors (Lipinski definition) is 0. The molecule has 0 saturated heterocycles. The molecule has 0 N–H and O–H groups in total. The molecule has 0 saturated carbocycles. The van der Waals surface area contributed by atoms with E-state index in [0.717, 1.165) is 45.8 Å². The molecule has 1 aliphatic heterocycles. The zero-order valence-electron chi connectivity index (χ0n) is 40.1. The van der Waals surface area contributed by atoms with Crippen molar-refractivity contribution < 1.29 is 69.1 Å². The van der Waals surface area contributed by atoms with Crippen LogP contribution in [0.5, 0.6) is 0 Å². The maximum absolute atomic E-state index is 14.6. The Bertz CT molecular complexity index is 3090. The molecule has 2 unspecified atom stereocenters. The van der Waals surface area contributed by atoms with Crippen LogP contribution >= 0.6 is 17.0 Å². The molecular weight excluding hydrogens is 1090 g/mol. The first-order valence-electron chi connectivity index (χ1n) is 23.1. The van der Waals surface area contributed by atoms with Gasteiger partial charge in [0.1, 0.15) is 0 Å². The molecule has 0 spiro atoms. The second-order valence-corrected chi connectivity index (χ2v) is 44.0. The summed E-state index contributed by atoms with van der Waals surface area (Å²) in [4.78, 5) is 0. The van der Waals surface area contributed by atoms with Crippen molar-refractivity contribution >= 4 is 52.3 Å². The van der Waals surface area contributed by atoms with Crippen LogP contribution in [-0.4, -0.2) is 9.52 Å². The standard InChI is InChI=1S/2C22H19F6.C12H9Si.2ClH.Zr/c2*1-12-7-13-5-6-18(20(2,3)4)19(17(13)8-12)14-9-15(21(23,24)25)11-16(10-14)22(26,27)28;1-3-7-11-9(5-1)10-6-2-4-8-12(10)13-11;;;/h2*5-11H,1-4H3;1-7H,13H2;2*1H;/q;;;;;+2/p-2. The Labute approximate surface area is 420 Å². The summed E-state index contributed by atoms with van der Waals surface area (Å²) in [5, 5.41) is 2.07. The van der Waals surface area contributed by atoms with Gasteiger partial charge in [-0.3, -0.25) is 0 Å². The Balaban J connectivity index is 1.39. The fourth-order valence-corrected chi connectivity index (χ4v) is 40.5. The number of benzene rings is 6. The van der Waals surface area contributed by atoms with E-state index in [1.54, 1.807) is 91.8 Å². The Hall–Kier alpha value is -4.36. The zero-order valence-corrected chi connectivity index (χ0v) is 45.5. The van der Waals surface area contributed by atoms with Crippen LogP contribution in [0.2, 0.25) is 0 Å². The minimum absolute atomic E-state index is 0.0917. The summed E-state index contributed by atoms with van der Waals surface area (Å²) >= 11 is -6.50. The Morgan fingerprint density at radius 1 is 0.458 bits per heavy atom. The predicted molar refractivity (Wildman–Crippen MR) is 265 cm³/mol. The van der Waals surface area contributed by atoms with Gasteiger partial charge in [-0.15, -0.1) is 0 Å². The quantitative estimate of drug-likeness (QED) is 0.119. The fourth-order valence-electron chi connectivity index (χ4n) is 11.8. The van der Waals surface area contributed by atoms with Crippen molar-refractivity contribution in [3.8, 4) is 33.4 Å². The van der Waals surface area contributed by atoms with Crippen molar-refractivity contribution in [1.82, 2.24) is 0 Å². The van der Waals surface area contributed by atoms with Gasteiger partial charge in [0.25, 0.3) is 0 Å². The summed E-state index contributed by atoms with van der Waals surface area (Å²) in [7, 11) is 16.5. The van der Waals surface area contributed by atoms with E-state index < -0.39 is 91.0 Å². The summed E-state index contributed by atoms with van der Waals surface area (Å²) in [5.74, 6) is 0. The molecule has 6 aromatic rings. The van der Waals surface area contributed by atoms with Crippen molar-refractivity contribution in [1.29, 1.82) is 0 Å². The van der Waals surface area contributed by atoms with Crippen molar-refractivity contribution in [3.63, 3.8) is 0 Å². The molecule has 0 bridgehead atoms. The monoisotopic (exact) mass is 1140 g/mol. The minimum atomic E-state index is -6.50. The van der Waals surface area contributed by atoms with Crippen molar-refractivity contribution in [2.24, 2.45) is 0 Å². The Kier molecular flexibility index (Phi) is 12.3. The fraction of sp³-hybridized carbons (Fsp3) is 0.286. The number of alkyl halides is 12. The first-order chi connectivity index (χ1) is 33.0. The van der Waals surface area contributed by atoms with Gasteiger partial charge in [-0.2, -0.15) is 0 Å². The van der Waals surface area contributed by atoms with Gasteiger partial charge in [-0.25, -0.2) is 0 Å². The van der Waals surface area contributed by atoms with E-state index >= 15 is 0 Å². The number of fused-ring (bicyclic) bond motifs is 5. The topological polar surface area (TPSA) is 0 Å². The summed E-state index contributed by atoms with van der Waals surface area (Å²) in [6, 6.07) is 23.7. The maximum atomic E-state index is 14.6. The van der Waals surface area contributed by atoms with E-state index in [1.165, 1.54) is 0 Å². The van der Waals surface area contributed by atoms with Crippen LogP contribution in [0.4, 0.5) is 52.7 Å². The third-order valence-electron chi connectivity index (χ3n) is 14.6. The normalized spacial score (nSPS) is 18.1. The second-order valence-electron chi connectivity index (χ2n) is 21.5. The van der Waals surface area contributed by atoms with Crippen molar-refractivity contribution in [3.05, 3.63) is 170 Å². The van der Waals surface area contributed by atoms with Crippen LogP contribution in [0.3, 0.4) is 0 Å². The van der Waals surface area contributed by atoms with Crippen LogP contribution in [-0.2, 0) is 51.9 Å². The summed E-state index contributed by atoms with van der Waals surface area (Å²) < 4.78 is 174. The molecule has 6 aromatic carbocycles. The molecule has 0 nitrogen and oxygen atoms in total. The number of halogens is 14. The molecule has 16 heteroatoms.